The maximum absolute atomic E-state index is 10.9. The summed E-state index contributed by atoms with van der Waals surface area (Å²) in [5.74, 6) is 0.0866. The third-order valence-electron chi connectivity index (χ3n) is 4.86. The van der Waals surface area contributed by atoms with E-state index < -0.39 is 5.97 Å². The molecule has 0 spiro atoms. The molecule has 3 heteroatoms. The smallest absolute Gasteiger partial charge is 0.303 e. The van der Waals surface area contributed by atoms with Crippen LogP contribution in [0.25, 0.3) is 0 Å². The maximum Gasteiger partial charge on any atom is 0.303 e. The number of nitrogens with zero attached hydrogens (tertiary/aromatic N) is 1. The summed E-state index contributed by atoms with van der Waals surface area (Å²) in [6.45, 7) is 8.61. The first-order chi connectivity index (χ1) is 9.97. The van der Waals surface area contributed by atoms with E-state index in [-0.39, 0.29) is 12.3 Å². The van der Waals surface area contributed by atoms with Crippen molar-refractivity contribution in [1.29, 1.82) is 0 Å². The topological polar surface area (TPSA) is 40.5 Å². The molecule has 0 amide bonds. The van der Waals surface area contributed by atoms with Gasteiger partial charge in [0.25, 0.3) is 0 Å². The third-order valence-corrected chi connectivity index (χ3v) is 4.86. The van der Waals surface area contributed by atoms with E-state index in [9.17, 15) is 4.79 Å². The molecule has 3 atom stereocenters. The van der Waals surface area contributed by atoms with Crippen LogP contribution in [-0.2, 0) is 4.79 Å². The molecule has 1 aromatic carbocycles. The Balaban J connectivity index is 2.01. The van der Waals surface area contributed by atoms with Crippen molar-refractivity contribution in [2.75, 3.05) is 13.1 Å². The van der Waals surface area contributed by atoms with E-state index in [1.165, 1.54) is 17.5 Å². The monoisotopic (exact) mass is 289 g/mol. The number of carboxylic acid groups (broad SMARTS) is 1. The zero-order valence-electron chi connectivity index (χ0n) is 13.4. The summed E-state index contributed by atoms with van der Waals surface area (Å²) in [4.78, 5) is 13.4. The number of carboxylic acids is 1. The van der Waals surface area contributed by atoms with Crippen molar-refractivity contribution in [3.05, 3.63) is 35.4 Å². The molecule has 0 aliphatic carbocycles. The van der Waals surface area contributed by atoms with Gasteiger partial charge in [-0.05, 0) is 50.6 Å². The van der Waals surface area contributed by atoms with Crippen LogP contribution in [0.5, 0.6) is 0 Å². The zero-order chi connectivity index (χ0) is 15.4. The fourth-order valence-corrected chi connectivity index (χ4v) is 3.44. The molecule has 1 saturated heterocycles. The van der Waals surface area contributed by atoms with E-state index in [1.807, 2.05) is 0 Å². The number of hydrogen-bond donors (Lipinski definition) is 1. The number of piperidine rings is 1. The van der Waals surface area contributed by atoms with Gasteiger partial charge in [0, 0.05) is 19.0 Å². The lowest BCUT2D eigenvalue weighted by Crippen LogP contribution is -2.39. The average Bonchev–Trinajstić information content (AvgIpc) is 2.46. The molecule has 1 aliphatic rings. The van der Waals surface area contributed by atoms with Crippen molar-refractivity contribution in [3.8, 4) is 0 Å². The highest BCUT2D eigenvalue weighted by molar-refractivity contribution is 5.67. The van der Waals surface area contributed by atoms with Crippen molar-refractivity contribution in [2.24, 2.45) is 11.8 Å². The number of likely N-dealkylation sites (tertiary alicyclic amines) is 1. The van der Waals surface area contributed by atoms with Crippen LogP contribution in [0.1, 0.15) is 50.3 Å². The van der Waals surface area contributed by atoms with E-state index in [1.54, 1.807) is 0 Å². The molecular weight excluding hydrogens is 262 g/mol. The van der Waals surface area contributed by atoms with E-state index in [0.717, 1.165) is 19.5 Å². The van der Waals surface area contributed by atoms with Gasteiger partial charge < -0.3 is 5.11 Å². The second kappa shape index (κ2) is 7.08. The lowest BCUT2D eigenvalue weighted by molar-refractivity contribution is -0.138. The van der Waals surface area contributed by atoms with Gasteiger partial charge in [0.05, 0.1) is 0 Å². The highest BCUT2D eigenvalue weighted by Crippen LogP contribution is 2.31. The molecule has 3 nitrogen and oxygen atoms in total. The molecule has 1 aromatic rings. The summed E-state index contributed by atoms with van der Waals surface area (Å²) in [5, 5.41) is 8.98. The third kappa shape index (κ3) is 4.31. The van der Waals surface area contributed by atoms with Crippen LogP contribution in [0.2, 0.25) is 0 Å². The largest absolute Gasteiger partial charge is 0.481 e. The average molecular weight is 289 g/mol. The van der Waals surface area contributed by atoms with Gasteiger partial charge in [-0.15, -0.1) is 0 Å². The second-order valence-electron chi connectivity index (χ2n) is 6.56. The molecule has 3 unspecified atom stereocenters. The zero-order valence-corrected chi connectivity index (χ0v) is 13.4. The molecule has 1 fully saturated rings. The second-order valence-corrected chi connectivity index (χ2v) is 6.56. The van der Waals surface area contributed by atoms with Gasteiger partial charge >= 0.3 is 5.97 Å². The van der Waals surface area contributed by atoms with Gasteiger partial charge in [-0.2, -0.15) is 0 Å². The van der Waals surface area contributed by atoms with Crippen molar-refractivity contribution < 1.29 is 9.90 Å². The van der Waals surface area contributed by atoms with E-state index in [4.69, 9.17) is 5.11 Å². The molecule has 0 saturated carbocycles. The van der Waals surface area contributed by atoms with E-state index in [2.05, 4.69) is 49.9 Å². The van der Waals surface area contributed by atoms with Crippen LogP contribution in [0, 0.1) is 18.8 Å². The molecule has 1 N–H and O–H groups in total. The molecule has 2 rings (SSSR count). The van der Waals surface area contributed by atoms with Crippen LogP contribution < -0.4 is 0 Å². The number of hydrogen-bond acceptors (Lipinski definition) is 2. The van der Waals surface area contributed by atoms with Crippen LogP contribution in [0.4, 0.5) is 0 Å². The van der Waals surface area contributed by atoms with Gasteiger partial charge in [0.1, 0.15) is 0 Å². The summed E-state index contributed by atoms with van der Waals surface area (Å²) in [6, 6.07) is 9.11. The minimum atomic E-state index is -0.675. The van der Waals surface area contributed by atoms with Gasteiger partial charge in [-0.25, -0.2) is 0 Å². The quantitative estimate of drug-likeness (QED) is 0.894. The van der Waals surface area contributed by atoms with Gasteiger partial charge in [0.2, 0.25) is 0 Å². The normalized spacial score (nSPS) is 22.7. The number of carbonyl (C=O) groups is 1. The fourth-order valence-electron chi connectivity index (χ4n) is 3.44. The Labute approximate surface area is 128 Å². The molecular formula is C18H27NO2. The molecule has 116 valence electrons. The summed E-state index contributed by atoms with van der Waals surface area (Å²) < 4.78 is 0. The molecule has 21 heavy (non-hydrogen) atoms. The van der Waals surface area contributed by atoms with Crippen LogP contribution in [-0.4, -0.2) is 29.1 Å². The van der Waals surface area contributed by atoms with Crippen molar-refractivity contribution in [1.82, 2.24) is 4.90 Å². The minimum absolute atomic E-state index is 0.259. The van der Waals surface area contributed by atoms with Crippen molar-refractivity contribution in [3.63, 3.8) is 0 Å². The van der Waals surface area contributed by atoms with Gasteiger partial charge in [-0.1, -0.05) is 36.8 Å². The standard InChI is InChI=1S/C18H27NO2/c1-13-6-4-7-16(10-13)15(3)19-9-5-8-17(12-19)14(2)11-18(20)21/h4,6-7,10,14-15,17H,5,8-9,11-12H2,1-3H3,(H,20,21). The summed E-state index contributed by atoms with van der Waals surface area (Å²) in [7, 11) is 0. The van der Waals surface area contributed by atoms with Crippen LogP contribution >= 0.6 is 0 Å². The van der Waals surface area contributed by atoms with Crippen molar-refractivity contribution >= 4 is 5.97 Å². The Morgan fingerprint density at radius 3 is 2.86 bits per heavy atom. The Bertz CT molecular complexity index is 486. The lowest BCUT2D eigenvalue weighted by Gasteiger charge is -2.39. The SMILES string of the molecule is Cc1cccc(C(C)N2CCCC(C(C)CC(=O)O)C2)c1. The first-order valence-electron chi connectivity index (χ1n) is 7.99. The predicted molar refractivity (Wildman–Crippen MR) is 85.3 cm³/mol. The Hall–Kier alpha value is -1.35. The molecule has 0 aromatic heterocycles. The Morgan fingerprint density at radius 1 is 1.43 bits per heavy atom. The van der Waals surface area contributed by atoms with Crippen LogP contribution in [0.15, 0.2) is 24.3 Å². The highest BCUT2D eigenvalue weighted by atomic mass is 16.4. The highest BCUT2D eigenvalue weighted by Gasteiger charge is 2.28. The van der Waals surface area contributed by atoms with E-state index >= 15 is 0 Å². The Morgan fingerprint density at radius 2 is 2.19 bits per heavy atom. The summed E-state index contributed by atoms with van der Waals surface area (Å²) in [5.41, 5.74) is 2.66. The first-order valence-corrected chi connectivity index (χ1v) is 7.99. The molecule has 1 aliphatic heterocycles. The van der Waals surface area contributed by atoms with Crippen LogP contribution in [0.3, 0.4) is 0 Å². The summed E-state index contributed by atoms with van der Waals surface area (Å²) in [6.07, 6.45) is 2.62. The number of aliphatic carboxylic acids is 1. The summed E-state index contributed by atoms with van der Waals surface area (Å²) >= 11 is 0. The number of aryl methyl sites for hydroxylation is 1. The van der Waals surface area contributed by atoms with Gasteiger partial charge in [-0.3, -0.25) is 9.69 Å². The van der Waals surface area contributed by atoms with E-state index in [0.29, 0.717) is 12.0 Å². The fraction of sp³-hybridized carbons (Fsp3) is 0.611. The van der Waals surface area contributed by atoms with Gasteiger partial charge in [0.15, 0.2) is 0 Å². The number of benzene rings is 1. The predicted octanol–water partition coefficient (Wildman–Crippen LogP) is 3.88. The first kappa shape index (κ1) is 16.0. The molecule has 1 heterocycles. The maximum atomic E-state index is 10.9. The molecule has 0 bridgehead atoms. The number of rotatable bonds is 5. The Kier molecular flexibility index (Phi) is 5.40. The molecule has 0 radical (unpaired) electrons. The van der Waals surface area contributed by atoms with Crippen molar-refractivity contribution in [2.45, 2.75) is 46.1 Å². The lowest BCUT2D eigenvalue weighted by atomic mass is 9.84. The minimum Gasteiger partial charge on any atom is -0.481 e.